The molecule has 2 heteroatoms. The molecule has 132 valence electrons. The average molecular weight is 352 g/mol. The van der Waals surface area contributed by atoms with E-state index in [1.165, 1.54) is 0 Å². The lowest BCUT2D eigenvalue weighted by molar-refractivity contribution is -0.133. The fraction of sp³-hybridized carbons (Fsp3) is 0.0800. The predicted molar refractivity (Wildman–Crippen MR) is 108 cm³/mol. The number of esters is 1. The number of ether oxygens (including phenoxy) is 1. The van der Waals surface area contributed by atoms with Gasteiger partial charge in [-0.15, -0.1) is 0 Å². The normalized spacial score (nSPS) is 15.3. The van der Waals surface area contributed by atoms with E-state index in [2.05, 4.69) is 12.1 Å². The summed E-state index contributed by atoms with van der Waals surface area (Å²) in [5, 5.41) is 0. The quantitative estimate of drug-likeness (QED) is 0.577. The summed E-state index contributed by atoms with van der Waals surface area (Å²) in [4.78, 5) is 12.7. The lowest BCUT2D eigenvalue weighted by atomic mass is 9.95. The van der Waals surface area contributed by atoms with Gasteiger partial charge in [0.05, 0.1) is 0 Å². The summed E-state index contributed by atoms with van der Waals surface area (Å²) < 4.78 is 5.68. The second-order valence-electron chi connectivity index (χ2n) is 6.59. The Hall–Kier alpha value is -3.39. The van der Waals surface area contributed by atoms with E-state index in [1.807, 2.05) is 84.9 Å². The van der Waals surface area contributed by atoms with Crippen molar-refractivity contribution in [2.45, 2.75) is 12.8 Å². The first-order chi connectivity index (χ1) is 13.3. The molecule has 0 bridgehead atoms. The molecule has 1 aliphatic rings. The zero-order valence-corrected chi connectivity index (χ0v) is 15.0. The fourth-order valence-corrected chi connectivity index (χ4v) is 3.28. The van der Waals surface area contributed by atoms with Crippen LogP contribution >= 0.6 is 0 Å². The number of carbonyl (C=O) groups excluding carboxylic acids is 1. The standard InChI is InChI=1S/C25H20O2/c26-25-23(17-20-12-6-2-7-13-20)22(16-19-10-4-1-5-11-19)24(27-25)18-21-14-8-3-9-15-21/h1-15,18H,16-17H2/b24-18+. The molecule has 0 radical (unpaired) electrons. The van der Waals surface area contributed by atoms with Gasteiger partial charge in [0.15, 0.2) is 0 Å². The first kappa shape index (κ1) is 17.0. The summed E-state index contributed by atoms with van der Waals surface area (Å²) in [5.41, 5.74) is 5.00. The molecule has 1 heterocycles. The van der Waals surface area contributed by atoms with Crippen LogP contribution in [0.3, 0.4) is 0 Å². The van der Waals surface area contributed by atoms with Crippen molar-refractivity contribution in [1.82, 2.24) is 0 Å². The number of benzene rings is 3. The lowest BCUT2D eigenvalue weighted by Crippen LogP contribution is -2.03. The van der Waals surface area contributed by atoms with E-state index in [0.29, 0.717) is 18.6 Å². The monoisotopic (exact) mass is 352 g/mol. The smallest absolute Gasteiger partial charge is 0.340 e. The Morgan fingerprint density at radius 1 is 0.630 bits per heavy atom. The van der Waals surface area contributed by atoms with Gasteiger partial charge < -0.3 is 4.74 Å². The molecular weight excluding hydrogens is 332 g/mol. The van der Waals surface area contributed by atoms with Gasteiger partial charge in [0, 0.05) is 24.0 Å². The number of hydrogen-bond acceptors (Lipinski definition) is 2. The zero-order chi connectivity index (χ0) is 18.5. The minimum atomic E-state index is -0.244. The topological polar surface area (TPSA) is 26.3 Å². The summed E-state index contributed by atoms with van der Waals surface area (Å²) in [7, 11) is 0. The van der Waals surface area contributed by atoms with Crippen LogP contribution in [0.5, 0.6) is 0 Å². The van der Waals surface area contributed by atoms with Crippen molar-refractivity contribution >= 4 is 12.0 Å². The highest BCUT2D eigenvalue weighted by atomic mass is 16.5. The summed E-state index contributed by atoms with van der Waals surface area (Å²) in [5.74, 6) is 0.410. The van der Waals surface area contributed by atoms with Gasteiger partial charge in [0.25, 0.3) is 0 Å². The van der Waals surface area contributed by atoms with Gasteiger partial charge >= 0.3 is 5.97 Å². The highest BCUT2D eigenvalue weighted by molar-refractivity contribution is 5.96. The maximum absolute atomic E-state index is 12.7. The summed E-state index contributed by atoms with van der Waals surface area (Å²) in [6.45, 7) is 0. The van der Waals surface area contributed by atoms with Gasteiger partial charge in [0.1, 0.15) is 5.76 Å². The molecule has 0 fully saturated rings. The Morgan fingerprint density at radius 3 is 1.67 bits per heavy atom. The molecule has 2 nitrogen and oxygen atoms in total. The van der Waals surface area contributed by atoms with E-state index in [1.54, 1.807) is 0 Å². The predicted octanol–water partition coefficient (Wildman–Crippen LogP) is 5.37. The second-order valence-corrected chi connectivity index (χ2v) is 6.59. The molecule has 4 rings (SSSR count). The molecule has 27 heavy (non-hydrogen) atoms. The van der Waals surface area contributed by atoms with E-state index < -0.39 is 0 Å². The Labute approximate surface area is 159 Å². The van der Waals surface area contributed by atoms with E-state index in [9.17, 15) is 4.79 Å². The van der Waals surface area contributed by atoms with Gasteiger partial charge in [-0.25, -0.2) is 4.79 Å². The van der Waals surface area contributed by atoms with Crippen molar-refractivity contribution in [3.8, 4) is 0 Å². The molecule has 1 aliphatic heterocycles. The molecule has 0 amide bonds. The number of rotatable bonds is 5. The molecule has 0 saturated heterocycles. The molecule has 0 unspecified atom stereocenters. The van der Waals surface area contributed by atoms with Crippen molar-refractivity contribution < 1.29 is 9.53 Å². The molecule has 3 aromatic carbocycles. The lowest BCUT2D eigenvalue weighted by Gasteiger charge is -2.07. The van der Waals surface area contributed by atoms with Gasteiger partial charge in [-0.3, -0.25) is 0 Å². The van der Waals surface area contributed by atoms with E-state index in [-0.39, 0.29) is 5.97 Å². The molecule has 0 spiro atoms. The number of allylic oxidation sites excluding steroid dienone is 1. The SMILES string of the molecule is O=C1O/C(=C/c2ccccc2)C(Cc2ccccc2)=C1Cc1ccccc1. The van der Waals surface area contributed by atoms with Crippen LogP contribution in [0.25, 0.3) is 6.08 Å². The Morgan fingerprint density at radius 2 is 1.11 bits per heavy atom. The fourth-order valence-electron chi connectivity index (χ4n) is 3.28. The van der Waals surface area contributed by atoms with Crippen molar-refractivity contribution in [2.75, 3.05) is 0 Å². The number of cyclic esters (lactones) is 1. The van der Waals surface area contributed by atoms with Crippen LogP contribution in [-0.4, -0.2) is 5.97 Å². The molecule has 0 saturated carbocycles. The third-order valence-corrected chi connectivity index (χ3v) is 4.66. The average Bonchev–Trinajstić information content (AvgIpc) is 2.99. The molecule has 3 aromatic rings. The molecule has 0 N–H and O–H groups in total. The summed E-state index contributed by atoms with van der Waals surface area (Å²) >= 11 is 0. The number of carbonyl (C=O) groups is 1. The second kappa shape index (κ2) is 7.88. The Balaban J connectivity index is 1.75. The maximum Gasteiger partial charge on any atom is 0.340 e. The van der Waals surface area contributed by atoms with Crippen LogP contribution in [-0.2, 0) is 22.4 Å². The van der Waals surface area contributed by atoms with Crippen molar-refractivity contribution in [3.63, 3.8) is 0 Å². The third-order valence-electron chi connectivity index (χ3n) is 4.66. The largest absolute Gasteiger partial charge is 0.423 e. The van der Waals surface area contributed by atoms with E-state index in [0.717, 1.165) is 27.8 Å². The van der Waals surface area contributed by atoms with Crippen molar-refractivity contribution in [2.24, 2.45) is 0 Å². The highest BCUT2D eigenvalue weighted by Gasteiger charge is 2.29. The van der Waals surface area contributed by atoms with E-state index >= 15 is 0 Å². The molecular formula is C25H20O2. The zero-order valence-electron chi connectivity index (χ0n) is 15.0. The van der Waals surface area contributed by atoms with E-state index in [4.69, 9.17) is 4.74 Å². The number of hydrogen-bond donors (Lipinski definition) is 0. The molecule has 0 atom stereocenters. The first-order valence-electron chi connectivity index (χ1n) is 9.09. The van der Waals surface area contributed by atoms with Crippen LogP contribution < -0.4 is 0 Å². The van der Waals surface area contributed by atoms with Crippen molar-refractivity contribution in [1.29, 1.82) is 0 Å². The summed E-state index contributed by atoms with van der Waals surface area (Å²) in [6, 6.07) is 30.2. The minimum Gasteiger partial charge on any atom is -0.423 e. The molecule has 0 aliphatic carbocycles. The summed E-state index contributed by atoms with van der Waals surface area (Å²) in [6.07, 6.45) is 3.20. The van der Waals surface area contributed by atoms with Gasteiger partial charge in [-0.05, 0) is 22.8 Å². The van der Waals surface area contributed by atoms with Crippen LogP contribution in [0.1, 0.15) is 16.7 Å². The Kier molecular flexibility index (Phi) is 4.97. The van der Waals surface area contributed by atoms with Crippen molar-refractivity contribution in [3.05, 3.63) is 125 Å². The van der Waals surface area contributed by atoms with Gasteiger partial charge in [-0.1, -0.05) is 91.0 Å². The highest BCUT2D eigenvalue weighted by Crippen LogP contribution is 2.32. The van der Waals surface area contributed by atoms with Gasteiger partial charge in [-0.2, -0.15) is 0 Å². The Bertz CT molecular complexity index is 984. The first-order valence-corrected chi connectivity index (χ1v) is 9.09. The van der Waals surface area contributed by atoms with Crippen LogP contribution in [0.15, 0.2) is 108 Å². The van der Waals surface area contributed by atoms with Crippen LogP contribution in [0.4, 0.5) is 0 Å². The van der Waals surface area contributed by atoms with Crippen LogP contribution in [0, 0.1) is 0 Å². The third kappa shape index (κ3) is 4.06. The maximum atomic E-state index is 12.7. The van der Waals surface area contributed by atoms with Gasteiger partial charge in [0.2, 0.25) is 0 Å². The van der Waals surface area contributed by atoms with Crippen LogP contribution in [0.2, 0.25) is 0 Å². The molecule has 0 aromatic heterocycles. The minimum absolute atomic E-state index is 0.244.